The summed E-state index contributed by atoms with van der Waals surface area (Å²) < 4.78 is 26.7. The molecule has 0 aliphatic carbocycles. The van der Waals surface area contributed by atoms with E-state index in [1.807, 2.05) is 0 Å². The van der Waals surface area contributed by atoms with Crippen LogP contribution in [0, 0.1) is 0 Å². The van der Waals surface area contributed by atoms with Crippen molar-refractivity contribution in [1.29, 1.82) is 0 Å². The van der Waals surface area contributed by atoms with Gasteiger partial charge in [0.25, 0.3) is 0 Å². The zero-order chi connectivity index (χ0) is 13.9. The predicted octanol–water partition coefficient (Wildman–Crippen LogP) is 1.30. The van der Waals surface area contributed by atoms with E-state index >= 15 is 0 Å². The number of anilines is 1. The lowest BCUT2D eigenvalue weighted by Crippen LogP contribution is -2.33. The second-order valence-electron chi connectivity index (χ2n) is 4.63. The highest BCUT2D eigenvalue weighted by atomic mass is 35.5. The monoisotopic (exact) mass is 303 g/mol. The molecule has 1 aromatic rings. The summed E-state index contributed by atoms with van der Waals surface area (Å²) in [5.41, 5.74) is 5.93. The Morgan fingerprint density at radius 1 is 1.32 bits per heavy atom. The van der Waals surface area contributed by atoms with Crippen molar-refractivity contribution in [3.63, 3.8) is 0 Å². The van der Waals surface area contributed by atoms with E-state index in [1.54, 1.807) is 0 Å². The van der Waals surface area contributed by atoms with E-state index in [1.165, 1.54) is 31.0 Å². The smallest absolute Gasteiger partial charge is 0.240 e. The van der Waals surface area contributed by atoms with Crippen LogP contribution >= 0.6 is 11.6 Å². The Morgan fingerprint density at radius 2 is 2.00 bits per heavy atom. The van der Waals surface area contributed by atoms with Gasteiger partial charge in [0, 0.05) is 13.1 Å². The molecule has 5 nitrogen and oxygen atoms in total. The number of benzene rings is 1. The molecule has 0 spiro atoms. The number of nitrogens with two attached hydrogens (primary N) is 1. The Kier molecular flexibility index (Phi) is 4.67. The summed E-state index contributed by atoms with van der Waals surface area (Å²) >= 11 is 5.83. The van der Waals surface area contributed by atoms with Gasteiger partial charge in [-0.2, -0.15) is 0 Å². The topological polar surface area (TPSA) is 75.4 Å². The summed E-state index contributed by atoms with van der Waals surface area (Å²) in [5, 5.41) is 0.252. The van der Waals surface area contributed by atoms with E-state index in [-0.39, 0.29) is 9.92 Å². The van der Waals surface area contributed by atoms with Gasteiger partial charge in [-0.05, 0) is 44.1 Å². The van der Waals surface area contributed by atoms with Crippen LogP contribution in [-0.4, -0.2) is 39.5 Å². The van der Waals surface area contributed by atoms with Gasteiger partial charge in [0.05, 0.1) is 15.6 Å². The number of nitrogens with one attached hydrogen (secondary N) is 1. The van der Waals surface area contributed by atoms with E-state index in [4.69, 9.17) is 17.3 Å². The first kappa shape index (κ1) is 14.6. The fourth-order valence-corrected chi connectivity index (χ4v) is 3.39. The van der Waals surface area contributed by atoms with Crippen molar-refractivity contribution in [2.24, 2.45) is 0 Å². The second kappa shape index (κ2) is 6.09. The minimum absolute atomic E-state index is 0.146. The Balaban J connectivity index is 1.95. The summed E-state index contributed by atoms with van der Waals surface area (Å²) in [6.45, 7) is 3.25. The highest BCUT2D eigenvalue weighted by molar-refractivity contribution is 7.89. The Labute approximate surface area is 118 Å². The van der Waals surface area contributed by atoms with Gasteiger partial charge in [0.2, 0.25) is 10.0 Å². The van der Waals surface area contributed by atoms with Crippen molar-refractivity contribution in [1.82, 2.24) is 9.62 Å². The van der Waals surface area contributed by atoms with Gasteiger partial charge in [0.15, 0.2) is 0 Å². The number of nitrogens with zero attached hydrogens (tertiary/aromatic N) is 1. The fourth-order valence-electron chi connectivity index (χ4n) is 2.10. The lowest BCUT2D eigenvalue weighted by Gasteiger charge is -2.15. The van der Waals surface area contributed by atoms with Crippen LogP contribution in [0.5, 0.6) is 0 Å². The molecule has 0 radical (unpaired) electrons. The number of nitrogen functional groups attached to an aromatic ring is 1. The summed E-state index contributed by atoms with van der Waals surface area (Å²) in [6.07, 6.45) is 2.39. The third kappa shape index (κ3) is 3.82. The van der Waals surface area contributed by atoms with Gasteiger partial charge in [-0.25, -0.2) is 13.1 Å². The Bertz CT molecular complexity index is 542. The van der Waals surface area contributed by atoms with Gasteiger partial charge in [-0.3, -0.25) is 0 Å². The van der Waals surface area contributed by atoms with E-state index in [2.05, 4.69) is 9.62 Å². The first-order valence-electron chi connectivity index (χ1n) is 6.26. The van der Waals surface area contributed by atoms with Crippen LogP contribution in [0.25, 0.3) is 0 Å². The first-order chi connectivity index (χ1) is 8.99. The third-order valence-corrected chi connectivity index (χ3v) is 4.99. The van der Waals surface area contributed by atoms with Gasteiger partial charge in [0.1, 0.15) is 0 Å². The standard InChI is InChI=1S/C12H18ClN3O2S/c13-11-9-10(3-4-12(11)14)19(17,18)15-5-8-16-6-1-2-7-16/h3-4,9,15H,1-2,5-8,14H2. The Hall–Kier alpha value is -0.820. The molecular weight excluding hydrogens is 286 g/mol. The molecule has 0 saturated carbocycles. The van der Waals surface area contributed by atoms with Crippen molar-refractivity contribution in [3.05, 3.63) is 23.2 Å². The van der Waals surface area contributed by atoms with Crippen molar-refractivity contribution < 1.29 is 8.42 Å². The number of likely N-dealkylation sites (tertiary alicyclic amines) is 1. The predicted molar refractivity (Wildman–Crippen MR) is 76.7 cm³/mol. The normalized spacial score (nSPS) is 16.9. The number of sulfonamides is 1. The maximum atomic E-state index is 12.0. The summed E-state index contributed by atoms with van der Waals surface area (Å²) in [5.74, 6) is 0. The minimum Gasteiger partial charge on any atom is -0.398 e. The molecule has 7 heteroatoms. The van der Waals surface area contributed by atoms with Crippen LogP contribution in [0.2, 0.25) is 5.02 Å². The molecule has 2 rings (SSSR count). The molecule has 19 heavy (non-hydrogen) atoms. The molecule has 0 amide bonds. The molecule has 1 aliphatic heterocycles. The number of rotatable bonds is 5. The van der Waals surface area contributed by atoms with Crippen molar-refractivity contribution >= 4 is 27.3 Å². The van der Waals surface area contributed by atoms with Gasteiger partial charge < -0.3 is 10.6 Å². The number of hydrogen-bond acceptors (Lipinski definition) is 4. The summed E-state index contributed by atoms with van der Waals surface area (Å²) in [6, 6.07) is 4.33. The molecule has 1 fully saturated rings. The van der Waals surface area contributed by atoms with E-state index in [0.29, 0.717) is 12.2 Å². The first-order valence-corrected chi connectivity index (χ1v) is 8.12. The van der Waals surface area contributed by atoms with Crippen molar-refractivity contribution in [2.75, 3.05) is 31.9 Å². The van der Waals surface area contributed by atoms with E-state index < -0.39 is 10.0 Å². The molecule has 1 saturated heterocycles. The van der Waals surface area contributed by atoms with E-state index in [0.717, 1.165) is 19.6 Å². The molecular formula is C12H18ClN3O2S. The average molecular weight is 304 g/mol. The molecule has 1 heterocycles. The maximum absolute atomic E-state index is 12.0. The third-order valence-electron chi connectivity index (χ3n) is 3.20. The zero-order valence-electron chi connectivity index (χ0n) is 10.6. The lowest BCUT2D eigenvalue weighted by atomic mass is 10.3. The lowest BCUT2D eigenvalue weighted by molar-refractivity contribution is 0.344. The minimum atomic E-state index is -3.51. The molecule has 0 aromatic heterocycles. The zero-order valence-corrected chi connectivity index (χ0v) is 12.2. The van der Waals surface area contributed by atoms with Crippen LogP contribution in [0.1, 0.15) is 12.8 Å². The maximum Gasteiger partial charge on any atom is 0.240 e. The highest BCUT2D eigenvalue weighted by Gasteiger charge is 2.16. The van der Waals surface area contributed by atoms with Gasteiger partial charge in [-0.15, -0.1) is 0 Å². The average Bonchev–Trinajstić information content (AvgIpc) is 2.85. The molecule has 0 atom stereocenters. The van der Waals surface area contributed by atoms with Crippen LogP contribution in [0.4, 0.5) is 5.69 Å². The number of halogens is 1. The summed E-state index contributed by atoms with van der Waals surface area (Å²) in [7, 11) is -3.51. The van der Waals surface area contributed by atoms with E-state index in [9.17, 15) is 8.42 Å². The SMILES string of the molecule is Nc1ccc(S(=O)(=O)NCCN2CCCC2)cc1Cl. The van der Waals surface area contributed by atoms with Crippen LogP contribution < -0.4 is 10.5 Å². The largest absolute Gasteiger partial charge is 0.398 e. The molecule has 1 aromatic carbocycles. The van der Waals surface area contributed by atoms with Crippen molar-refractivity contribution in [2.45, 2.75) is 17.7 Å². The molecule has 1 aliphatic rings. The van der Waals surface area contributed by atoms with Gasteiger partial charge >= 0.3 is 0 Å². The quantitative estimate of drug-likeness (QED) is 0.804. The van der Waals surface area contributed by atoms with Crippen LogP contribution in [0.15, 0.2) is 23.1 Å². The van der Waals surface area contributed by atoms with Crippen LogP contribution in [-0.2, 0) is 10.0 Å². The second-order valence-corrected chi connectivity index (χ2v) is 6.80. The Morgan fingerprint density at radius 3 is 2.63 bits per heavy atom. The summed E-state index contributed by atoms with van der Waals surface area (Å²) in [4.78, 5) is 2.39. The molecule has 0 unspecified atom stereocenters. The fraction of sp³-hybridized carbons (Fsp3) is 0.500. The van der Waals surface area contributed by atoms with Crippen molar-refractivity contribution in [3.8, 4) is 0 Å². The number of hydrogen-bond donors (Lipinski definition) is 2. The van der Waals surface area contributed by atoms with Crippen LogP contribution in [0.3, 0.4) is 0 Å². The molecule has 0 bridgehead atoms. The molecule has 106 valence electrons. The van der Waals surface area contributed by atoms with Gasteiger partial charge in [-0.1, -0.05) is 11.6 Å². The molecule has 3 N–H and O–H groups in total. The highest BCUT2D eigenvalue weighted by Crippen LogP contribution is 2.22.